The largest absolute Gasteiger partial charge is 0.253 e. The first kappa shape index (κ1) is 7.05. The van der Waals surface area contributed by atoms with Crippen molar-refractivity contribution in [2.45, 2.75) is 13.0 Å². The summed E-state index contributed by atoms with van der Waals surface area (Å²) in [6.07, 6.45) is 1.71. The van der Waals surface area contributed by atoms with Gasteiger partial charge in [-0.2, -0.15) is 0 Å². The van der Waals surface area contributed by atoms with Crippen LogP contribution < -0.4 is 0 Å². The first-order chi connectivity index (χ1) is 4.84. The van der Waals surface area contributed by atoms with E-state index in [-0.39, 0.29) is 6.04 Å². The number of hydrogen-bond donors (Lipinski definition) is 0. The van der Waals surface area contributed by atoms with Gasteiger partial charge in [0.25, 0.3) is 0 Å². The lowest BCUT2D eigenvalue weighted by molar-refractivity contribution is 0.824. The molecule has 1 rings (SSSR count). The maximum atomic E-state index is 8.08. The Bertz CT molecular complexity index is 236. The van der Waals surface area contributed by atoms with Gasteiger partial charge in [-0.15, -0.1) is 11.3 Å². The summed E-state index contributed by atoms with van der Waals surface area (Å²) in [5.41, 5.74) is 9.80. The van der Waals surface area contributed by atoms with Crippen molar-refractivity contribution in [3.8, 4) is 0 Å². The minimum atomic E-state index is -0.0856. The van der Waals surface area contributed by atoms with E-state index < -0.39 is 0 Å². The van der Waals surface area contributed by atoms with Crippen molar-refractivity contribution in [1.29, 1.82) is 0 Å². The third-order valence-electron chi connectivity index (χ3n) is 1.09. The molecule has 0 aromatic carbocycles. The van der Waals surface area contributed by atoms with E-state index in [4.69, 9.17) is 5.53 Å². The summed E-state index contributed by atoms with van der Waals surface area (Å²) >= 11 is 1.50. The van der Waals surface area contributed by atoms with Crippen molar-refractivity contribution in [2.24, 2.45) is 5.11 Å². The lowest BCUT2D eigenvalue weighted by Gasteiger charge is -1.95. The molecule has 0 aliphatic heterocycles. The Labute approximate surface area is 62.2 Å². The van der Waals surface area contributed by atoms with Gasteiger partial charge in [-0.05, 0) is 5.53 Å². The van der Waals surface area contributed by atoms with E-state index >= 15 is 0 Å². The standard InChI is InChI=1S/C5H6N4S/c1-4(8-9-6)5-2-7-3-10-5/h2-4H,1H3/t4-/m1/s1. The van der Waals surface area contributed by atoms with Gasteiger partial charge in [0.2, 0.25) is 0 Å². The molecule has 0 bridgehead atoms. The fraction of sp³-hybridized carbons (Fsp3) is 0.400. The summed E-state index contributed by atoms with van der Waals surface area (Å²) in [6, 6.07) is -0.0856. The van der Waals surface area contributed by atoms with Crippen LogP contribution in [0.25, 0.3) is 10.4 Å². The van der Waals surface area contributed by atoms with Crippen LogP contribution in [0.3, 0.4) is 0 Å². The van der Waals surface area contributed by atoms with Gasteiger partial charge in [0.05, 0.1) is 11.6 Å². The van der Waals surface area contributed by atoms with Gasteiger partial charge in [0.1, 0.15) is 0 Å². The number of thiazole rings is 1. The summed E-state index contributed by atoms with van der Waals surface area (Å²) in [5, 5.41) is 3.52. The van der Waals surface area contributed by atoms with Gasteiger partial charge < -0.3 is 0 Å². The molecule has 0 fully saturated rings. The van der Waals surface area contributed by atoms with Gasteiger partial charge in [0, 0.05) is 16.0 Å². The molecule has 1 heterocycles. The molecule has 0 N–H and O–H groups in total. The summed E-state index contributed by atoms with van der Waals surface area (Å²) < 4.78 is 0. The first-order valence-corrected chi connectivity index (χ1v) is 3.65. The van der Waals surface area contributed by atoms with E-state index in [2.05, 4.69) is 15.0 Å². The molecule has 0 saturated carbocycles. The van der Waals surface area contributed by atoms with E-state index in [1.165, 1.54) is 11.3 Å². The van der Waals surface area contributed by atoms with Crippen LogP contribution in [-0.4, -0.2) is 4.98 Å². The zero-order valence-corrected chi connectivity index (χ0v) is 6.25. The van der Waals surface area contributed by atoms with Crippen LogP contribution in [0.2, 0.25) is 0 Å². The Morgan fingerprint density at radius 1 is 1.90 bits per heavy atom. The monoisotopic (exact) mass is 154 g/mol. The van der Waals surface area contributed by atoms with Crippen molar-refractivity contribution in [3.05, 3.63) is 27.0 Å². The van der Waals surface area contributed by atoms with E-state index in [1.807, 2.05) is 6.92 Å². The van der Waals surface area contributed by atoms with E-state index in [1.54, 1.807) is 11.7 Å². The molecule has 1 atom stereocenters. The highest BCUT2D eigenvalue weighted by molar-refractivity contribution is 7.09. The van der Waals surface area contributed by atoms with E-state index in [0.29, 0.717) is 0 Å². The second-order valence-electron chi connectivity index (χ2n) is 1.78. The molecule has 10 heavy (non-hydrogen) atoms. The zero-order chi connectivity index (χ0) is 7.40. The van der Waals surface area contributed by atoms with Crippen molar-refractivity contribution in [1.82, 2.24) is 4.98 Å². The first-order valence-electron chi connectivity index (χ1n) is 2.77. The molecule has 0 aliphatic carbocycles. The van der Waals surface area contributed by atoms with Crippen LogP contribution in [0.15, 0.2) is 16.8 Å². The Kier molecular flexibility index (Phi) is 2.25. The summed E-state index contributed by atoms with van der Waals surface area (Å²) in [5.74, 6) is 0. The van der Waals surface area contributed by atoms with Crippen molar-refractivity contribution in [3.63, 3.8) is 0 Å². The topological polar surface area (TPSA) is 61.7 Å². The fourth-order valence-electron chi connectivity index (χ4n) is 0.566. The normalized spacial score (nSPS) is 12.1. The van der Waals surface area contributed by atoms with Gasteiger partial charge in [0.15, 0.2) is 0 Å². The minimum absolute atomic E-state index is 0.0856. The molecule has 0 aliphatic rings. The Balaban J connectivity index is 2.76. The average molecular weight is 154 g/mol. The average Bonchev–Trinajstić information content (AvgIpc) is 2.38. The van der Waals surface area contributed by atoms with Crippen molar-refractivity contribution < 1.29 is 0 Å². The van der Waals surface area contributed by atoms with Crippen LogP contribution >= 0.6 is 11.3 Å². The Morgan fingerprint density at radius 2 is 2.70 bits per heavy atom. The second-order valence-corrected chi connectivity index (χ2v) is 2.70. The number of azide groups is 1. The van der Waals surface area contributed by atoms with Crippen LogP contribution in [0.4, 0.5) is 0 Å². The van der Waals surface area contributed by atoms with Gasteiger partial charge in [-0.25, -0.2) is 0 Å². The summed E-state index contributed by atoms with van der Waals surface area (Å²) in [4.78, 5) is 7.55. The quantitative estimate of drug-likeness (QED) is 0.366. The Morgan fingerprint density at radius 3 is 3.20 bits per heavy atom. The lowest BCUT2D eigenvalue weighted by atomic mass is 10.3. The van der Waals surface area contributed by atoms with Crippen molar-refractivity contribution >= 4 is 11.3 Å². The highest BCUT2D eigenvalue weighted by Gasteiger charge is 2.02. The smallest absolute Gasteiger partial charge is 0.0794 e. The number of rotatable bonds is 2. The highest BCUT2D eigenvalue weighted by Crippen LogP contribution is 2.19. The van der Waals surface area contributed by atoms with Gasteiger partial charge in [-0.1, -0.05) is 12.0 Å². The molecule has 0 radical (unpaired) electrons. The van der Waals surface area contributed by atoms with Crippen molar-refractivity contribution in [2.75, 3.05) is 0 Å². The van der Waals surface area contributed by atoms with Gasteiger partial charge >= 0.3 is 0 Å². The van der Waals surface area contributed by atoms with E-state index in [0.717, 1.165) is 4.88 Å². The van der Waals surface area contributed by atoms with Crippen LogP contribution in [0.1, 0.15) is 17.8 Å². The molecule has 5 heteroatoms. The van der Waals surface area contributed by atoms with Crippen LogP contribution in [0.5, 0.6) is 0 Å². The molecule has 52 valence electrons. The molecule has 0 unspecified atom stereocenters. The maximum Gasteiger partial charge on any atom is 0.0794 e. The number of nitrogens with zero attached hydrogens (tertiary/aromatic N) is 4. The molecule has 0 spiro atoms. The van der Waals surface area contributed by atoms with Crippen LogP contribution in [-0.2, 0) is 0 Å². The number of aromatic nitrogens is 1. The lowest BCUT2D eigenvalue weighted by Crippen LogP contribution is -1.80. The van der Waals surface area contributed by atoms with Crippen LogP contribution in [0, 0.1) is 0 Å². The molecule has 0 saturated heterocycles. The summed E-state index contributed by atoms with van der Waals surface area (Å²) in [6.45, 7) is 1.84. The third kappa shape index (κ3) is 1.46. The molecular formula is C5H6N4S. The maximum absolute atomic E-state index is 8.08. The number of hydrogen-bond acceptors (Lipinski definition) is 3. The molecule has 0 amide bonds. The summed E-state index contributed by atoms with van der Waals surface area (Å²) in [7, 11) is 0. The molecule has 1 aromatic heterocycles. The minimum Gasteiger partial charge on any atom is -0.253 e. The predicted octanol–water partition coefficient (Wildman–Crippen LogP) is 2.51. The molecule has 1 aromatic rings. The predicted molar refractivity (Wildman–Crippen MR) is 39.7 cm³/mol. The highest BCUT2D eigenvalue weighted by atomic mass is 32.1. The zero-order valence-electron chi connectivity index (χ0n) is 5.43. The second kappa shape index (κ2) is 3.20. The Hall–Kier alpha value is -1.06. The molecule has 4 nitrogen and oxygen atoms in total. The van der Waals surface area contributed by atoms with Gasteiger partial charge in [-0.3, -0.25) is 4.98 Å². The van der Waals surface area contributed by atoms with E-state index in [9.17, 15) is 0 Å². The SMILES string of the molecule is C[C@@H](N=[N+]=[N-])c1cncs1. The fourth-order valence-corrected chi connectivity index (χ4v) is 1.18. The third-order valence-corrected chi connectivity index (χ3v) is 2.03. The molecular weight excluding hydrogens is 148 g/mol.